The van der Waals surface area contributed by atoms with Gasteiger partial charge in [0, 0.05) is 37.3 Å². The molecule has 0 unspecified atom stereocenters. The summed E-state index contributed by atoms with van der Waals surface area (Å²) in [5.41, 5.74) is 3.50. The topological polar surface area (TPSA) is 41.4 Å². The van der Waals surface area contributed by atoms with Crippen LogP contribution in [-0.4, -0.2) is 51.9 Å². The van der Waals surface area contributed by atoms with Gasteiger partial charge in [-0.2, -0.15) is 0 Å². The Labute approximate surface area is 175 Å². The first-order valence-electron chi connectivity index (χ1n) is 10.4. The number of amides is 1. The van der Waals surface area contributed by atoms with Crippen LogP contribution < -0.4 is 0 Å². The van der Waals surface area contributed by atoms with Gasteiger partial charge in [-0.05, 0) is 38.1 Å². The summed E-state index contributed by atoms with van der Waals surface area (Å²) in [6.45, 7) is 2.97. The van der Waals surface area contributed by atoms with E-state index in [0.717, 1.165) is 37.2 Å². The molecule has 3 heterocycles. The Morgan fingerprint density at radius 1 is 1.10 bits per heavy atom. The molecule has 0 bridgehead atoms. The fourth-order valence-corrected chi connectivity index (χ4v) is 5.08. The van der Waals surface area contributed by atoms with E-state index in [1.165, 1.54) is 17.8 Å². The molecule has 2 aromatic carbocycles. The first-order chi connectivity index (χ1) is 14.6. The quantitative estimate of drug-likeness (QED) is 0.653. The van der Waals surface area contributed by atoms with E-state index >= 15 is 0 Å². The highest BCUT2D eigenvalue weighted by Gasteiger charge is 2.44. The van der Waals surface area contributed by atoms with Gasteiger partial charge < -0.3 is 9.47 Å². The molecule has 154 valence electrons. The lowest BCUT2D eigenvalue weighted by Gasteiger charge is -2.49. The molecule has 0 saturated carbocycles. The van der Waals surface area contributed by atoms with E-state index in [0.29, 0.717) is 18.7 Å². The van der Waals surface area contributed by atoms with Gasteiger partial charge in [0.25, 0.3) is 5.91 Å². The molecule has 5 nitrogen and oxygen atoms in total. The summed E-state index contributed by atoms with van der Waals surface area (Å²) in [5, 5.41) is 0. The second-order valence-corrected chi connectivity index (χ2v) is 8.51. The highest BCUT2D eigenvalue weighted by molar-refractivity contribution is 5.94. The molecule has 1 atom stereocenters. The summed E-state index contributed by atoms with van der Waals surface area (Å²) in [6.07, 6.45) is 3.84. The molecule has 0 N–H and O–H groups in total. The second kappa shape index (κ2) is 7.36. The minimum absolute atomic E-state index is 0.105. The number of nitrogens with zero attached hydrogens (tertiary/aromatic N) is 4. The summed E-state index contributed by atoms with van der Waals surface area (Å²) >= 11 is 0. The molecule has 0 radical (unpaired) electrons. The number of carbonyl (C=O) groups is 1. The molecule has 0 aliphatic carbocycles. The standard InChI is InChI=1S/C24H25FN4O/c1-27-14-21-22(18-7-3-2-4-8-18)26-17-29(21)24(15-27)11-6-12-28(16-24)23(30)19-9-5-10-20(25)13-19/h2-5,7-10,13,17H,6,11-12,14-16H2,1H3/t24-/m0/s1. The Hall–Kier alpha value is -2.99. The molecule has 6 heteroatoms. The number of likely N-dealkylation sites (N-methyl/N-ethyl adjacent to an activating group) is 1. The smallest absolute Gasteiger partial charge is 0.254 e. The number of halogens is 1. The Bertz CT molecular complexity index is 1080. The fraction of sp³-hybridized carbons (Fsp3) is 0.333. The van der Waals surface area contributed by atoms with Gasteiger partial charge in [-0.25, -0.2) is 9.37 Å². The van der Waals surface area contributed by atoms with Crippen molar-refractivity contribution in [1.82, 2.24) is 19.4 Å². The maximum atomic E-state index is 13.7. The van der Waals surface area contributed by atoms with Crippen molar-refractivity contribution in [2.45, 2.75) is 24.9 Å². The molecule has 1 spiro atoms. The largest absolute Gasteiger partial charge is 0.336 e. The van der Waals surface area contributed by atoms with Crippen LogP contribution in [0, 0.1) is 5.82 Å². The number of piperidine rings is 1. The number of hydrogen-bond donors (Lipinski definition) is 0. The number of benzene rings is 2. The minimum Gasteiger partial charge on any atom is -0.336 e. The zero-order valence-corrected chi connectivity index (χ0v) is 17.1. The van der Waals surface area contributed by atoms with E-state index in [1.807, 2.05) is 29.4 Å². The third-order valence-electron chi connectivity index (χ3n) is 6.32. The number of fused-ring (bicyclic) bond motifs is 2. The van der Waals surface area contributed by atoms with Crippen LogP contribution in [0.5, 0.6) is 0 Å². The molecule has 1 amide bonds. The first-order valence-corrected chi connectivity index (χ1v) is 10.4. The number of imidazole rings is 1. The van der Waals surface area contributed by atoms with Crippen molar-refractivity contribution in [2.24, 2.45) is 0 Å². The van der Waals surface area contributed by atoms with Crippen molar-refractivity contribution in [3.8, 4) is 11.3 Å². The Kier molecular flexibility index (Phi) is 4.66. The molecular weight excluding hydrogens is 379 g/mol. The third kappa shape index (κ3) is 3.21. The number of likely N-dealkylation sites (tertiary alicyclic amines) is 1. The number of rotatable bonds is 2. The SMILES string of the molecule is CN1Cc2c(-c3ccccc3)ncn2[C@@]2(CCCN(C(=O)c3cccc(F)c3)C2)C1. The molecule has 2 aliphatic heterocycles. The van der Waals surface area contributed by atoms with Crippen LogP contribution in [0.1, 0.15) is 28.9 Å². The first kappa shape index (κ1) is 19.0. The molecule has 1 aromatic heterocycles. The summed E-state index contributed by atoms with van der Waals surface area (Å²) in [5.74, 6) is -0.485. The predicted molar refractivity (Wildman–Crippen MR) is 114 cm³/mol. The number of carbonyl (C=O) groups excluding carboxylic acids is 1. The monoisotopic (exact) mass is 404 g/mol. The second-order valence-electron chi connectivity index (χ2n) is 8.51. The molecule has 1 saturated heterocycles. The van der Waals surface area contributed by atoms with Crippen LogP contribution in [-0.2, 0) is 12.1 Å². The average Bonchev–Trinajstić information content (AvgIpc) is 3.18. The van der Waals surface area contributed by atoms with Crippen molar-refractivity contribution in [3.05, 3.63) is 78.0 Å². The fourth-order valence-electron chi connectivity index (χ4n) is 5.08. The Morgan fingerprint density at radius 3 is 2.73 bits per heavy atom. The van der Waals surface area contributed by atoms with E-state index in [4.69, 9.17) is 4.98 Å². The lowest BCUT2D eigenvalue weighted by Crippen LogP contribution is -2.58. The van der Waals surface area contributed by atoms with Crippen molar-refractivity contribution in [1.29, 1.82) is 0 Å². The Morgan fingerprint density at radius 2 is 1.93 bits per heavy atom. The van der Waals surface area contributed by atoms with Crippen LogP contribution in [0.25, 0.3) is 11.3 Å². The van der Waals surface area contributed by atoms with Crippen molar-refractivity contribution in [2.75, 3.05) is 26.7 Å². The maximum Gasteiger partial charge on any atom is 0.254 e. The molecule has 2 aliphatic rings. The van der Waals surface area contributed by atoms with Gasteiger partial charge in [0.2, 0.25) is 0 Å². The lowest BCUT2D eigenvalue weighted by atomic mass is 9.85. The molecular formula is C24H25FN4O. The van der Waals surface area contributed by atoms with E-state index in [-0.39, 0.29) is 17.3 Å². The highest BCUT2D eigenvalue weighted by Crippen LogP contribution is 2.38. The normalized spacial score (nSPS) is 21.6. The molecule has 30 heavy (non-hydrogen) atoms. The molecule has 5 rings (SSSR count). The minimum atomic E-state index is -0.380. The maximum absolute atomic E-state index is 13.7. The van der Waals surface area contributed by atoms with Gasteiger partial charge in [0.1, 0.15) is 5.82 Å². The van der Waals surface area contributed by atoms with Crippen LogP contribution in [0.15, 0.2) is 60.9 Å². The summed E-state index contributed by atoms with van der Waals surface area (Å²) in [4.78, 5) is 22.1. The summed E-state index contributed by atoms with van der Waals surface area (Å²) < 4.78 is 16.0. The van der Waals surface area contributed by atoms with Gasteiger partial charge in [-0.1, -0.05) is 36.4 Å². The van der Waals surface area contributed by atoms with Crippen molar-refractivity contribution >= 4 is 5.91 Å². The average molecular weight is 404 g/mol. The molecule has 1 fully saturated rings. The van der Waals surface area contributed by atoms with Gasteiger partial charge in [0.05, 0.1) is 23.3 Å². The van der Waals surface area contributed by atoms with E-state index < -0.39 is 0 Å². The summed E-state index contributed by atoms with van der Waals surface area (Å²) in [7, 11) is 2.13. The van der Waals surface area contributed by atoms with E-state index in [9.17, 15) is 9.18 Å². The Balaban J connectivity index is 1.50. The summed E-state index contributed by atoms with van der Waals surface area (Å²) in [6, 6.07) is 16.2. The lowest BCUT2D eigenvalue weighted by molar-refractivity contribution is 0.0324. The molecule has 3 aromatic rings. The van der Waals surface area contributed by atoms with Crippen molar-refractivity contribution in [3.63, 3.8) is 0 Å². The highest BCUT2D eigenvalue weighted by atomic mass is 19.1. The van der Waals surface area contributed by atoms with Crippen molar-refractivity contribution < 1.29 is 9.18 Å². The predicted octanol–water partition coefficient (Wildman–Crippen LogP) is 3.77. The van der Waals surface area contributed by atoms with Crippen LogP contribution in [0.4, 0.5) is 4.39 Å². The van der Waals surface area contributed by atoms with Gasteiger partial charge in [-0.3, -0.25) is 9.69 Å². The van der Waals surface area contributed by atoms with Crippen LogP contribution in [0.2, 0.25) is 0 Å². The van der Waals surface area contributed by atoms with Crippen LogP contribution in [0.3, 0.4) is 0 Å². The van der Waals surface area contributed by atoms with Gasteiger partial charge >= 0.3 is 0 Å². The number of aromatic nitrogens is 2. The van der Waals surface area contributed by atoms with E-state index in [1.54, 1.807) is 12.1 Å². The number of hydrogen-bond acceptors (Lipinski definition) is 3. The van der Waals surface area contributed by atoms with E-state index in [2.05, 4.69) is 28.6 Å². The zero-order valence-electron chi connectivity index (χ0n) is 17.1. The van der Waals surface area contributed by atoms with Crippen LogP contribution >= 0.6 is 0 Å². The van der Waals surface area contributed by atoms with Gasteiger partial charge in [0.15, 0.2) is 0 Å². The zero-order chi connectivity index (χ0) is 20.7. The van der Waals surface area contributed by atoms with Gasteiger partial charge in [-0.15, -0.1) is 0 Å². The third-order valence-corrected chi connectivity index (χ3v) is 6.32.